The Balaban J connectivity index is 2.26. The maximum Gasteiger partial charge on any atom is 0.311 e. The standard InChI is InChI=1S/C12H20N4O4/c1-4-18-11(17)6-5-7(15-16-14)8(13)10-9(6)19-12(2,3)20-10/h6-10H,4-5,13H2,1-3H3/t6?,7-,8?,9+,10-/m0/s1. The van der Waals surface area contributed by atoms with Crippen molar-refractivity contribution in [3.63, 3.8) is 0 Å². The van der Waals surface area contributed by atoms with E-state index in [-0.39, 0.29) is 12.6 Å². The molecule has 0 aromatic carbocycles. The Morgan fingerprint density at radius 2 is 2.15 bits per heavy atom. The average molecular weight is 284 g/mol. The van der Waals surface area contributed by atoms with E-state index in [1.807, 2.05) is 0 Å². The number of azide groups is 1. The third-order valence-corrected chi connectivity index (χ3v) is 3.67. The maximum absolute atomic E-state index is 12.1. The third-order valence-electron chi connectivity index (χ3n) is 3.67. The molecule has 112 valence electrons. The van der Waals surface area contributed by atoms with Gasteiger partial charge in [0, 0.05) is 11.0 Å². The van der Waals surface area contributed by atoms with Crippen LogP contribution in [0.3, 0.4) is 0 Å². The molecule has 2 unspecified atom stereocenters. The zero-order chi connectivity index (χ0) is 14.9. The van der Waals surface area contributed by atoms with Gasteiger partial charge in [0.2, 0.25) is 0 Å². The summed E-state index contributed by atoms with van der Waals surface area (Å²) < 4.78 is 16.6. The highest BCUT2D eigenvalue weighted by Gasteiger charge is 2.55. The van der Waals surface area contributed by atoms with E-state index < -0.39 is 36.0 Å². The molecule has 20 heavy (non-hydrogen) atoms. The minimum atomic E-state index is -0.817. The van der Waals surface area contributed by atoms with Gasteiger partial charge in [-0.15, -0.1) is 0 Å². The lowest BCUT2D eigenvalue weighted by Crippen LogP contribution is -2.57. The summed E-state index contributed by atoms with van der Waals surface area (Å²) in [5.74, 6) is -1.71. The van der Waals surface area contributed by atoms with E-state index in [0.29, 0.717) is 6.42 Å². The number of hydrogen-bond acceptors (Lipinski definition) is 6. The van der Waals surface area contributed by atoms with Crippen molar-refractivity contribution in [3.05, 3.63) is 10.4 Å². The molecule has 0 radical (unpaired) electrons. The van der Waals surface area contributed by atoms with Crippen molar-refractivity contribution in [3.8, 4) is 0 Å². The SMILES string of the molecule is CCOC(=O)C1C[C@H](N=[N+]=[N-])C(N)[C@@H]2OC(C)(C)O[C@H]12. The van der Waals surface area contributed by atoms with Gasteiger partial charge in [0.25, 0.3) is 0 Å². The summed E-state index contributed by atoms with van der Waals surface area (Å²) >= 11 is 0. The van der Waals surface area contributed by atoms with Crippen LogP contribution >= 0.6 is 0 Å². The van der Waals surface area contributed by atoms with E-state index in [1.165, 1.54) is 0 Å². The van der Waals surface area contributed by atoms with Gasteiger partial charge in [0.05, 0.1) is 18.6 Å². The molecule has 0 bridgehead atoms. The van der Waals surface area contributed by atoms with Gasteiger partial charge in [-0.3, -0.25) is 4.79 Å². The Morgan fingerprint density at radius 1 is 1.50 bits per heavy atom. The molecule has 1 aliphatic heterocycles. The van der Waals surface area contributed by atoms with E-state index in [1.54, 1.807) is 20.8 Å². The molecule has 2 rings (SSSR count). The summed E-state index contributed by atoms with van der Waals surface area (Å²) in [4.78, 5) is 14.9. The smallest absolute Gasteiger partial charge is 0.311 e. The van der Waals surface area contributed by atoms with Gasteiger partial charge in [-0.25, -0.2) is 0 Å². The van der Waals surface area contributed by atoms with Crippen LogP contribution in [0.25, 0.3) is 10.4 Å². The molecule has 2 N–H and O–H groups in total. The topological polar surface area (TPSA) is 120 Å². The molecule has 8 heteroatoms. The molecule has 1 saturated carbocycles. The molecule has 1 aliphatic carbocycles. The summed E-state index contributed by atoms with van der Waals surface area (Å²) in [5, 5.41) is 3.68. The summed E-state index contributed by atoms with van der Waals surface area (Å²) in [6, 6.07) is -1.00. The predicted molar refractivity (Wildman–Crippen MR) is 69.5 cm³/mol. The largest absolute Gasteiger partial charge is 0.466 e. The Bertz CT molecular complexity index is 435. The van der Waals surface area contributed by atoms with Crippen LogP contribution in [0.1, 0.15) is 27.2 Å². The number of nitrogens with zero attached hydrogens (tertiary/aromatic N) is 3. The average Bonchev–Trinajstić information content (AvgIpc) is 2.69. The highest BCUT2D eigenvalue weighted by molar-refractivity contribution is 5.73. The first-order chi connectivity index (χ1) is 9.39. The van der Waals surface area contributed by atoms with Crippen molar-refractivity contribution in [1.82, 2.24) is 0 Å². The lowest BCUT2D eigenvalue weighted by molar-refractivity contribution is -0.163. The van der Waals surface area contributed by atoms with Crippen molar-refractivity contribution >= 4 is 5.97 Å². The first-order valence-corrected chi connectivity index (χ1v) is 6.71. The highest BCUT2D eigenvalue weighted by atomic mass is 16.8. The molecule has 0 aromatic heterocycles. The lowest BCUT2D eigenvalue weighted by atomic mass is 9.79. The zero-order valence-electron chi connectivity index (χ0n) is 11.9. The number of esters is 1. The van der Waals surface area contributed by atoms with E-state index in [4.69, 9.17) is 25.5 Å². The monoisotopic (exact) mass is 284 g/mol. The molecular formula is C12H20N4O4. The second-order valence-corrected chi connectivity index (χ2v) is 5.51. The van der Waals surface area contributed by atoms with Gasteiger partial charge in [0.1, 0.15) is 12.2 Å². The van der Waals surface area contributed by atoms with E-state index in [9.17, 15) is 4.79 Å². The van der Waals surface area contributed by atoms with Crippen LogP contribution < -0.4 is 5.73 Å². The molecule has 0 spiro atoms. The molecule has 1 heterocycles. The van der Waals surface area contributed by atoms with Crippen LogP contribution in [-0.2, 0) is 19.0 Å². The lowest BCUT2D eigenvalue weighted by Gasteiger charge is -2.37. The van der Waals surface area contributed by atoms with Crippen LogP contribution in [0.2, 0.25) is 0 Å². The fraction of sp³-hybridized carbons (Fsp3) is 0.917. The van der Waals surface area contributed by atoms with E-state index >= 15 is 0 Å². The fourth-order valence-corrected chi connectivity index (χ4v) is 2.87. The number of carbonyl (C=O) groups excluding carboxylic acids is 1. The summed E-state index contributed by atoms with van der Waals surface area (Å²) in [5.41, 5.74) is 14.7. The number of fused-ring (bicyclic) bond motifs is 1. The van der Waals surface area contributed by atoms with Crippen molar-refractivity contribution in [2.45, 2.75) is 57.3 Å². The van der Waals surface area contributed by atoms with Gasteiger partial charge in [-0.05, 0) is 32.7 Å². The number of hydrogen-bond donors (Lipinski definition) is 1. The molecule has 2 fully saturated rings. The van der Waals surface area contributed by atoms with Crippen molar-refractivity contribution in [2.75, 3.05) is 6.61 Å². The fourth-order valence-electron chi connectivity index (χ4n) is 2.87. The molecule has 2 aliphatic rings. The highest BCUT2D eigenvalue weighted by Crippen LogP contribution is 2.40. The van der Waals surface area contributed by atoms with Gasteiger partial charge in [-0.1, -0.05) is 5.11 Å². The Hall–Kier alpha value is -1.34. The number of rotatable bonds is 3. The van der Waals surface area contributed by atoms with Crippen LogP contribution in [0.5, 0.6) is 0 Å². The molecule has 0 amide bonds. The number of carbonyl (C=O) groups is 1. The van der Waals surface area contributed by atoms with Crippen LogP contribution in [0.15, 0.2) is 5.11 Å². The minimum absolute atomic E-state index is 0.287. The molecule has 1 saturated heterocycles. The predicted octanol–water partition coefficient (Wildman–Crippen LogP) is 1.10. The Morgan fingerprint density at radius 3 is 2.75 bits per heavy atom. The Labute approximate surface area is 117 Å². The number of nitrogens with two attached hydrogens (primary N) is 1. The summed E-state index contributed by atoms with van der Waals surface area (Å²) in [6.07, 6.45) is -0.641. The third kappa shape index (κ3) is 2.73. The quantitative estimate of drug-likeness (QED) is 0.360. The Kier molecular flexibility index (Phi) is 4.19. The zero-order valence-corrected chi connectivity index (χ0v) is 11.9. The van der Waals surface area contributed by atoms with Gasteiger partial charge < -0.3 is 19.9 Å². The first-order valence-electron chi connectivity index (χ1n) is 6.71. The molecule has 8 nitrogen and oxygen atoms in total. The van der Waals surface area contributed by atoms with Crippen molar-refractivity contribution < 1.29 is 19.0 Å². The van der Waals surface area contributed by atoms with Crippen molar-refractivity contribution in [1.29, 1.82) is 0 Å². The van der Waals surface area contributed by atoms with E-state index in [2.05, 4.69) is 10.0 Å². The van der Waals surface area contributed by atoms with Crippen LogP contribution in [0, 0.1) is 5.92 Å². The van der Waals surface area contributed by atoms with Crippen molar-refractivity contribution in [2.24, 2.45) is 16.8 Å². The molecule has 0 aromatic rings. The number of ether oxygens (including phenoxy) is 3. The minimum Gasteiger partial charge on any atom is -0.466 e. The molecular weight excluding hydrogens is 264 g/mol. The van der Waals surface area contributed by atoms with Gasteiger partial charge in [0.15, 0.2) is 5.79 Å². The maximum atomic E-state index is 12.1. The second-order valence-electron chi connectivity index (χ2n) is 5.51. The second kappa shape index (κ2) is 5.57. The molecule has 5 atom stereocenters. The first kappa shape index (κ1) is 15.1. The van der Waals surface area contributed by atoms with E-state index in [0.717, 1.165) is 0 Å². The van der Waals surface area contributed by atoms with Crippen LogP contribution in [0.4, 0.5) is 0 Å². The summed E-state index contributed by atoms with van der Waals surface area (Å²) in [6.45, 7) is 5.56. The normalized spacial score (nSPS) is 38.7. The van der Waals surface area contributed by atoms with Gasteiger partial charge in [-0.2, -0.15) is 0 Å². The van der Waals surface area contributed by atoms with Crippen LogP contribution in [-0.4, -0.2) is 42.7 Å². The summed E-state index contributed by atoms with van der Waals surface area (Å²) in [7, 11) is 0. The van der Waals surface area contributed by atoms with Gasteiger partial charge >= 0.3 is 5.97 Å².